The van der Waals surface area contributed by atoms with Crippen molar-refractivity contribution >= 4 is 5.91 Å². The van der Waals surface area contributed by atoms with Gasteiger partial charge in [-0.05, 0) is 50.2 Å². The molecule has 1 amide bonds. The van der Waals surface area contributed by atoms with Gasteiger partial charge in [0, 0.05) is 25.0 Å². The lowest BCUT2D eigenvalue weighted by Gasteiger charge is -2.37. The van der Waals surface area contributed by atoms with Gasteiger partial charge in [0.1, 0.15) is 18.0 Å². The lowest BCUT2D eigenvalue weighted by molar-refractivity contribution is 0.00136. The van der Waals surface area contributed by atoms with E-state index in [1.165, 1.54) is 6.42 Å². The van der Waals surface area contributed by atoms with Gasteiger partial charge in [-0.3, -0.25) is 19.7 Å². The molecule has 148 valence electrons. The Labute approximate surface area is 164 Å². The van der Waals surface area contributed by atoms with E-state index in [9.17, 15) is 9.90 Å². The number of nitrogens with zero attached hydrogens (tertiary/aromatic N) is 3. The fraction of sp³-hybridized carbons (Fsp3) is 0.476. The van der Waals surface area contributed by atoms with Crippen LogP contribution in [-0.2, 0) is 0 Å². The number of likely N-dealkylation sites (tertiary alicyclic amines) is 1. The van der Waals surface area contributed by atoms with Crippen molar-refractivity contribution in [3.8, 4) is 5.75 Å². The molecular formula is C21H26N4O3. The number of carbonyl (C=O) groups is 1. The minimum absolute atomic E-state index is 0.164. The minimum atomic E-state index is -0.683. The van der Waals surface area contributed by atoms with E-state index < -0.39 is 12.2 Å². The number of ether oxygens (including phenoxy) is 1. The van der Waals surface area contributed by atoms with Crippen LogP contribution in [0, 0.1) is 0 Å². The monoisotopic (exact) mass is 382 g/mol. The number of hydrogen-bond acceptors (Lipinski definition) is 6. The molecule has 4 rings (SSSR count). The van der Waals surface area contributed by atoms with Crippen LogP contribution in [0.25, 0.3) is 0 Å². The molecule has 0 bridgehead atoms. The molecule has 1 aliphatic heterocycles. The molecule has 0 aromatic carbocycles. The molecule has 4 atom stereocenters. The number of rotatable bonds is 5. The molecule has 2 aliphatic rings. The largest absolute Gasteiger partial charge is 0.486 e. The average molecular weight is 382 g/mol. The third-order valence-corrected chi connectivity index (χ3v) is 5.60. The van der Waals surface area contributed by atoms with E-state index in [0.29, 0.717) is 17.7 Å². The van der Waals surface area contributed by atoms with Crippen LogP contribution in [0.5, 0.6) is 5.75 Å². The molecule has 7 heteroatoms. The first-order chi connectivity index (χ1) is 13.7. The van der Waals surface area contributed by atoms with Crippen molar-refractivity contribution in [2.24, 2.45) is 0 Å². The second kappa shape index (κ2) is 8.67. The first-order valence-corrected chi connectivity index (χ1v) is 9.92. The summed E-state index contributed by atoms with van der Waals surface area (Å²) in [6.45, 7) is 1.86. The van der Waals surface area contributed by atoms with Gasteiger partial charge in [0.25, 0.3) is 5.91 Å². The van der Waals surface area contributed by atoms with Crippen molar-refractivity contribution in [1.82, 2.24) is 20.2 Å². The standard InChI is InChI=1S/C21H26N4O3/c26-20-18(28-16-7-5-9-23-14-16)12-17(19(20)25-10-2-1-3-11-25)24-21(27)15-6-4-8-22-13-15/h4-9,13-14,17-20,26H,1-3,10-12H2,(H,24,27)/t17-,18-,19+,20+/m1/s1. The van der Waals surface area contributed by atoms with E-state index in [0.717, 1.165) is 25.9 Å². The number of hydrogen-bond donors (Lipinski definition) is 2. The Morgan fingerprint density at radius 3 is 2.54 bits per heavy atom. The predicted molar refractivity (Wildman–Crippen MR) is 104 cm³/mol. The van der Waals surface area contributed by atoms with Crippen LogP contribution in [0.1, 0.15) is 36.0 Å². The van der Waals surface area contributed by atoms with Crippen molar-refractivity contribution in [3.63, 3.8) is 0 Å². The Bertz CT molecular complexity index is 768. The summed E-state index contributed by atoms with van der Waals surface area (Å²) in [5.74, 6) is 0.456. The first-order valence-electron chi connectivity index (χ1n) is 9.92. The molecule has 28 heavy (non-hydrogen) atoms. The number of aliphatic hydroxyl groups is 1. The lowest BCUT2D eigenvalue weighted by Crippen LogP contribution is -2.54. The van der Waals surface area contributed by atoms with Gasteiger partial charge in [0.15, 0.2) is 0 Å². The predicted octanol–water partition coefficient (Wildman–Crippen LogP) is 1.64. The summed E-state index contributed by atoms with van der Waals surface area (Å²) in [6.07, 6.45) is 9.43. The van der Waals surface area contributed by atoms with Gasteiger partial charge in [-0.15, -0.1) is 0 Å². The van der Waals surface area contributed by atoms with Crippen molar-refractivity contribution in [1.29, 1.82) is 0 Å². The number of pyridine rings is 2. The highest BCUT2D eigenvalue weighted by Crippen LogP contribution is 2.31. The maximum absolute atomic E-state index is 12.7. The quantitative estimate of drug-likeness (QED) is 0.818. The molecule has 7 nitrogen and oxygen atoms in total. The lowest BCUT2D eigenvalue weighted by atomic mass is 10.0. The van der Waals surface area contributed by atoms with E-state index in [4.69, 9.17) is 4.74 Å². The molecule has 1 aliphatic carbocycles. The van der Waals surface area contributed by atoms with Gasteiger partial charge < -0.3 is 15.2 Å². The number of amides is 1. The van der Waals surface area contributed by atoms with Crippen LogP contribution in [0.15, 0.2) is 49.1 Å². The fourth-order valence-electron chi connectivity index (χ4n) is 4.28. The van der Waals surface area contributed by atoms with Crippen LogP contribution in [-0.4, -0.2) is 63.3 Å². The van der Waals surface area contributed by atoms with E-state index in [-0.39, 0.29) is 18.0 Å². The van der Waals surface area contributed by atoms with Gasteiger partial charge in [-0.25, -0.2) is 0 Å². The van der Waals surface area contributed by atoms with Gasteiger partial charge >= 0.3 is 0 Å². The normalized spacial score (nSPS) is 28.0. The van der Waals surface area contributed by atoms with Crippen LogP contribution in [0.2, 0.25) is 0 Å². The van der Waals surface area contributed by atoms with Crippen LogP contribution in [0.3, 0.4) is 0 Å². The maximum atomic E-state index is 12.7. The van der Waals surface area contributed by atoms with E-state index >= 15 is 0 Å². The Morgan fingerprint density at radius 1 is 1.11 bits per heavy atom. The highest BCUT2D eigenvalue weighted by atomic mass is 16.5. The molecule has 0 unspecified atom stereocenters. The summed E-state index contributed by atoms with van der Waals surface area (Å²) >= 11 is 0. The van der Waals surface area contributed by atoms with Crippen molar-refractivity contribution < 1.29 is 14.6 Å². The van der Waals surface area contributed by atoms with E-state index in [1.54, 1.807) is 43.0 Å². The zero-order chi connectivity index (χ0) is 19.3. The summed E-state index contributed by atoms with van der Waals surface area (Å²) in [5.41, 5.74) is 0.519. The molecule has 2 aromatic rings. The topological polar surface area (TPSA) is 87.6 Å². The average Bonchev–Trinajstić information content (AvgIpc) is 3.04. The summed E-state index contributed by atoms with van der Waals surface area (Å²) < 4.78 is 6.02. The van der Waals surface area contributed by atoms with Crippen LogP contribution < -0.4 is 10.1 Å². The van der Waals surface area contributed by atoms with E-state index in [1.807, 2.05) is 6.07 Å². The number of piperidine rings is 1. The molecule has 1 saturated carbocycles. The van der Waals surface area contributed by atoms with Crippen molar-refractivity contribution in [3.05, 3.63) is 54.6 Å². The highest BCUT2D eigenvalue weighted by Gasteiger charge is 2.47. The van der Waals surface area contributed by atoms with Crippen LogP contribution >= 0.6 is 0 Å². The zero-order valence-electron chi connectivity index (χ0n) is 15.8. The second-order valence-corrected chi connectivity index (χ2v) is 7.48. The van der Waals surface area contributed by atoms with Crippen molar-refractivity contribution in [2.45, 2.75) is 50.0 Å². The van der Waals surface area contributed by atoms with Crippen LogP contribution in [0.4, 0.5) is 0 Å². The first kappa shape index (κ1) is 18.8. The highest BCUT2D eigenvalue weighted by molar-refractivity contribution is 5.94. The van der Waals surface area contributed by atoms with Crippen molar-refractivity contribution in [2.75, 3.05) is 13.1 Å². The number of aromatic nitrogens is 2. The molecule has 2 N–H and O–H groups in total. The third-order valence-electron chi connectivity index (χ3n) is 5.60. The molecule has 0 radical (unpaired) electrons. The number of nitrogens with one attached hydrogen (secondary N) is 1. The zero-order valence-corrected chi connectivity index (χ0v) is 15.8. The van der Waals surface area contributed by atoms with Gasteiger partial charge in [-0.1, -0.05) is 6.42 Å². The van der Waals surface area contributed by atoms with E-state index in [2.05, 4.69) is 20.2 Å². The summed E-state index contributed by atoms with van der Waals surface area (Å²) in [5, 5.41) is 14.2. The Balaban J connectivity index is 1.52. The van der Waals surface area contributed by atoms with Gasteiger partial charge in [0.05, 0.1) is 23.8 Å². The minimum Gasteiger partial charge on any atom is -0.486 e. The van der Waals surface area contributed by atoms with Gasteiger partial charge in [-0.2, -0.15) is 0 Å². The number of aliphatic hydroxyl groups excluding tert-OH is 1. The Kier molecular flexibility index (Phi) is 5.83. The summed E-state index contributed by atoms with van der Waals surface area (Å²) in [4.78, 5) is 23.1. The number of carbonyl (C=O) groups excluding carboxylic acids is 1. The Morgan fingerprint density at radius 2 is 1.86 bits per heavy atom. The third kappa shape index (κ3) is 4.15. The summed E-state index contributed by atoms with van der Waals surface area (Å²) in [6, 6.07) is 6.77. The molecule has 1 saturated heterocycles. The smallest absolute Gasteiger partial charge is 0.253 e. The second-order valence-electron chi connectivity index (χ2n) is 7.48. The SMILES string of the molecule is O=C(N[C@@H]1C[C@@H](Oc2cccnc2)[C@H](O)[C@H]1N1CCCCC1)c1cccnc1. The molecular weight excluding hydrogens is 356 g/mol. The van der Waals surface area contributed by atoms with Gasteiger partial charge in [0.2, 0.25) is 0 Å². The Hall–Kier alpha value is -2.51. The molecule has 2 aromatic heterocycles. The molecule has 2 fully saturated rings. The molecule has 3 heterocycles. The summed E-state index contributed by atoms with van der Waals surface area (Å²) in [7, 11) is 0. The molecule has 0 spiro atoms. The fourth-order valence-corrected chi connectivity index (χ4v) is 4.28. The maximum Gasteiger partial charge on any atom is 0.253 e.